The van der Waals surface area contributed by atoms with Gasteiger partial charge in [-0.1, -0.05) is 6.92 Å². The van der Waals surface area contributed by atoms with Gasteiger partial charge in [0.05, 0.1) is 6.54 Å². The van der Waals surface area contributed by atoms with Gasteiger partial charge in [0, 0.05) is 28.3 Å². The van der Waals surface area contributed by atoms with E-state index in [0.717, 1.165) is 36.0 Å². The first-order valence-electron chi connectivity index (χ1n) is 7.59. The molecule has 1 fully saturated rings. The van der Waals surface area contributed by atoms with Crippen LogP contribution in [0.4, 0.5) is 11.6 Å². The van der Waals surface area contributed by atoms with E-state index < -0.39 is 0 Å². The minimum atomic E-state index is 0.562. The standard InChI is InChI=1S/C16H22N4S/c1-4-12-7-8-13(21-12)9-18-15-10(2)14(17-3)19-16(20-15)11-5-6-11/h7-8,11H,4-6,9H2,1-3H3,(H2,17,18,19,20). The van der Waals surface area contributed by atoms with Crippen molar-refractivity contribution in [3.63, 3.8) is 0 Å². The lowest BCUT2D eigenvalue weighted by Crippen LogP contribution is -2.09. The zero-order valence-electron chi connectivity index (χ0n) is 12.9. The van der Waals surface area contributed by atoms with Crippen LogP contribution in [0.1, 0.15) is 46.8 Å². The summed E-state index contributed by atoms with van der Waals surface area (Å²) in [6.45, 7) is 5.09. The fourth-order valence-electron chi connectivity index (χ4n) is 2.35. The molecule has 5 heteroatoms. The highest BCUT2D eigenvalue weighted by Crippen LogP contribution is 2.39. The third-order valence-corrected chi connectivity index (χ3v) is 5.07. The maximum atomic E-state index is 4.73. The largest absolute Gasteiger partial charge is 0.373 e. The van der Waals surface area contributed by atoms with E-state index in [-0.39, 0.29) is 0 Å². The molecule has 0 unspecified atom stereocenters. The number of hydrogen-bond acceptors (Lipinski definition) is 5. The summed E-state index contributed by atoms with van der Waals surface area (Å²) in [4.78, 5) is 12.1. The highest BCUT2D eigenvalue weighted by Gasteiger charge is 2.28. The third-order valence-electron chi connectivity index (χ3n) is 3.84. The number of nitrogens with zero attached hydrogens (tertiary/aromatic N) is 2. The second-order valence-corrected chi connectivity index (χ2v) is 6.76. The summed E-state index contributed by atoms with van der Waals surface area (Å²) in [7, 11) is 1.92. The maximum Gasteiger partial charge on any atom is 0.136 e. The van der Waals surface area contributed by atoms with Crippen molar-refractivity contribution in [1.29, 1.82) is 0 Å². The molecule has 2 aromatic heterocycles. The predicted molar refractivity (Wildman–Crippen MR) is 89.3 cm³/mol. The smallest absolute Gasteiger partial charge is 0.136 e. The molecular formula is C16H22N4S. The quantitative estimate of drug-likeness (QED) is 0.848. The van der Waals surface area contributed by atoms with E-state index in [1.54, 1.807) is 0 Å². The topological polar surface area (TPSA) is 49.8 Å². The number of thiophene rings is 1. The van der Waals surface area contributed by atoms with Crippen LogP contribution in [0.25, 0.3) is 0 Å². The van der Waals surface area contributed by atoms with Gasteiger partial charge in [0.1, 0.15) is 17.5 Å². The molecule has 2 heterocycles. The van der Waals surface area contributed by atoms with Crippen molar-refractivity contribution >= 4 is 23.0 Å². The number of rotatable bonds is 6. The van der Waals surface area contributed by atoms with Gasteiger partial charge in [0.15, 0.2) is 0 Å². The Hall–Kier alpha value is -1.62. The molecular weight excluding hydrogens is 280 g/mol. The molecule has 0 atom stereocenters. The maximum absolute atomic E-state index is 4.73. The minimum absolute atomic E-state index is 0.562. The molecule has 0 spiro atoms. The second kappa shape index (κ2) is 6.02. The summed E-state index contributed by atoms with van der Waals surface area (Å²) in [6, 6.07) is 4.41. The third kappa shape index (κ3) is 3.18. The Bertz CT molecular complexity index is 631. The van der Waals surface area contributed by atoms with Gasteiger partial charge in [-0.25, -0.2) is 9.97 Å². The first-order valence-corrected chi connectivity index (χ1v) is 8.40. The van der Waals surface area contributed by atoms with E-state index in [2.05, 4.69) is 41.6 Å². The first-order chi connectivity index (χ1) is 10.2. The fourth-order valence-corrected chi connectivity index (χ4v) is 3.25. The van der Waals surface area contributed by atoms with Crippen LogP contribution < -0.4 is 10.6 Å². The van der Waals surface area contributed by atoms with Crippen LogP contribution in [0.3, 0.4) is 0 Å². The van der Waals surface area contributed by atoms with Crippen molar-refractivity contribution < 1.29 is 0 Å². The number of hydrogen-bond donors (Lipinski definition) is 2. The van der Waals surface area contributed by atoms with E-state index in [1.807, 2.05) is 18.4 Å². The molecule has 0 radical (unpaired) electrons. The minimum Gasteiger partial charge on any atom is -0.373 e. The lowest BCUT2D eigenvalue weighted by molar-refractivity contribution is 0.915. The number of anilines is 2. The highest BCUT2D eigenvalue weighted by atomic mass is 32.1. The van der Waals surface area contributed by atoms with Crippen molar-refractivity contribution in [3.05, 3.63) is 33.3 Å². The van der Waals surface area contributed by atoms with Gasteiger partial charge < -0.3 is 10.6 Å². The van der Waals surface area contributed by atoms with E-state index in [9.17, 15) is 0 Å². The normalized spacial score (nSPS) is 14.2. The number of aryl methyl sites for hydroxylation is 1. The monoisotopic (exact) mass is 302 g/mol. The first kappa shape index (κ1) is 14.3. The van der Waals surface area contributed by atoms with Crippen LogP contribution in [0.2, 0.25) is 0 Å². The molecule has 0 saturated heterocycles. The molecule has 4 nitrogen and oxygen atoms in total. The van der Waals surface area contributed by atoms with Crippen LogP contribution in [-0.4, -0.2) is 17.0 Å². The molecule has 112 valence electrons. The fraction of sp³-hybridized carbons (Fsp3) is 0.500. The van der Waals surface area contributed by atoms with Crippen molar-refractivity contribution in [2.45, 2.75) is 45.6 Å². The molecule has 1 aliphatic rings. The number of nitrogens with one attached hydrogen (secondary N) is 2. The van der Waals surface area contributed by atoms with Crippen LogP contribution in [0.5, 0.6) is 0 Å². The summed E-state index contributed by atoms with van der Waals surface area (Å²) in [5.74, 6) is 3.44. The molecule has 3 rings (SSSR count). The van der Waals surface area contributed by atoms with E-state index >= 15 is 0 Å². The van der Waals surface area contributed by atoms with Gasteiger partial charge in [-0.3, -0.25) is 0 Å². The molecule has 0 amide bonds. The van der Waals surface area contributed by atoms with Gasteiger partial charge in [-0.15, -0.1) is 11.3 Å². The highest BCUT2D eigenvalue weighted by molar-refractivity contribution is 7.12. The molecule has 0 aromatic carbocycles. The number of aromatic nitrogens is 2. The zero-order valence-corrected chi connectivity index (χ0v) is 13.7. The molecule has 21 heavy (non-hydrogen) atoms. The van der Waals surface area contributed by atoms with E-state index in [0.29, 0.717) is 5.92 Å². The van der Waals surface area contributed by atoms with Crippen LogP contribution in [0, 0.1) is 6.92 Å². The van der Waals surface area contributed by atoms with Gasteiger partial charge in [-0.2, -0.15) is 0 Å². The Kier molecular flexibility index (Phi) is 4.10. The van der Waals surface area contributed by atoms with Gasteiger partial charge in [-0.05, 0) is 38.3 Å². The SMILES string of the molecule is CCc1ccc(CNc2nc(C3CC3)nc(NC)c2C)s1. The Morgan fingerprint density at radius 2 is 1.90 bits per heavy atom. The van der Waals surface area contributed by atoms with Crippen LogP contribution in [-0.2, 0) is 13.0 Å². The average molecular weight is 302 g/mol. The van der Waals surface area contributed by atoms with E-state index in [1.165, 1.54) is 22.6 Å². The summed E-state index contributed by atoms with van der Waals surface area (Å²) < 4.78 is 0. The molecule has 0 bridgehead atoms. The summed E-state index contributed by atoms with van der Waals surface area (Å²) in [5, 5.41) is 6.67. The molecule has 2 N–H and O–H groups in total. The summed E-state index contributed by atoms with van der Waals surface area (Å²) >= 11 is 1.87. The Labute approximate surface area is 130 Å². The molecule has 1 aliphatic carbocycles. The summed E-state index contributed by atoms with van der Waals surface area (Å²) in [5.41, 5.74) is 1.09. The predicted octanol–water partition coefficient (Wildman–Crippen LogP) is 3.94. The molecule has 0 aliphatic heterocycles. The lowest BCUT2D eigenvalue weighted by atomic mass is 10.2. The molecule has 2 aromatic rings. The van der Waals surface area contributed by atoms with Crippen molar-refractivity contribution in [2.24, 2.45) is 0 Å². The van der Waals surface area contributed by atoms with Crippen LogP contribution in [0.15, 0.2) is 12.1 Å². The van der Waals surface area contributed by atoms with Crippen molar-refractivity contribution in [2.75, 3.05) is 17.7 Å². The summed E-state index contributed by atoms with van der Waals surface area (Å²) in [6.07, 6.45) is 3.54. The lowest BCUT2D eigenvalue weighted by Gasteiger charge is -2.13. The zero-order chi connectivity index (χ0) is 14.8. The molecule has 1 saturated carbocycles. The Morgan fingerprint density at radius 3 is 2.52 bits per heavy atom. The Morgan fingerprint density at radius 1 is 1.19 bits per heavy atom. The van der Waals surface area contributed by atoms with Gasteiger partial charge >= 0.3 is 0 Å². The van der Waals surface area contributed by atoms with Gasteiger partial charge in [0.25, 0.3) is 0 Å². The van der Waals surface area contributed by atoms with Crippen LogP contribution >= 0.6 is 11.3 Å². The van der Waals surface area contributed by atoms with Crippen molar-refractivity contribution in [3.8, 4) is 0 Å². The second-order valence-electron chi connectivity index (χ2n) is 5.50. The Balaban J connectivity index is 1.78. The van der Waals surface area contributed by atoms with E-state index in [4.69, 9.17) is 4.98 Å². The van der Waals surface area contributed by atoms with Crippen molar-refractivity contribution in [1.82, 2.24) is 9.97 Å². The van der Waals surface area contributed by atoms with Gasteiger partial charge in [0.2, 0.25) is 0 Å². The average Bonchev–Trinajstić information content (AvgIpc) is 3.25.